The fourth-order valence-electron chi connectivity index (χ4n) is 22.3. The molecule has 14 aliphatic rings. The van der Waals surface area contributed by atoms with Crippen molar-refractivity contribution in [1.29, 1.82) is 0 Å². The lowest BCUT2D eigenvalue weighted by atomic mass is 9.54. The number of hydrogen-bond acceptors (Lipinski definition) is 0. The minimum absolute atomic E-state index is 0.582. The van der Waals surface area contributed by atoms with Crippen LogP contribution in [0.4, 0.5) is 0 Å². The lowest BCUT2D eigenvalue weighted by Crippen LogP contribution is -2.46. The van der Waals surface area contributed by atoms with Crippen LogP contribution < -0.4 is 0 Å². The van der Waals surface area contributed by atoms with Crippen molar-refractivity contribution >= 4 is 0 Å². The van der Waals surface area contributed by atoms with Gasteiger partial charge in [0.2, 0.25) is 0 Å². The highest BCUT2D eigenvalue weighted by Gasteiger charge is 2.75. The van der Waals surface area contributed by atoms with Gasteiger partial charge >= 0.3 is 0 Å². The van der Waals surface area contributed by atoms with E-state index in [1.165, 1.54) is 83.9 Å². The first-order valence-corrected chi connectivity index (χ1v) is 21.4. The number of rotatable bonds is 4. The van der Waals surface area contributed by atoms with Gasteiger partial charge < -0.3 is 0 Å². The quantitative estimate of drug-likeness (QED) is 0.222. The predicted molar refractivity (Wildman–Crippen MR) is 178 cm³/mol. The molecule has 26 atom stereocenters. The number of fused-ring (bicyclic) bond motifs is 38. The van der Waals surface area contributed by atoms with Gasteiger partial charge in [0.15, 0.2) is 0 Å². The summed E-state index contributed by atoms with van der Waals surface area (Å²) in [5, 5.41) is 0. The Morgan fingerprint density at radius 1 is 0.400 bits per heavy atom. The topological polar surface area (TPSA) is 0 Å². The molecule has 12 saturated carbocycles. The molecule has 12 fully saturated rings. The van der Waals surface area contributed by atoms with Gasteiger partial charge in [-0.3, -0.25) is 0 Å². The van der Waals surface area contributed by atoms with Crippen LogP contribution in [0.25, 0.3) is 0 Å². The zero-order valence-corrected chi connectivity index (χ0v) is 28.3. The van der Waals surface area contributed by atoms with E-state index in [0.717, 1.165) is 82.9 Å². The van der Waals surface area contributed by atoms with Crippen molar-refractivity contribution in [2.75, 3.05) is 0 Å². The molecular formula is C45H60. The molecule has 14 aliphatic carbocycles. The molecule has 0 spiro atoms. The van der Waals surface area contributed by atoms with Gasteiger partial charge in [0.25, 0.3) is 0 Å². The highest BCUT2D eigenvalue weighted by Crippen LogP contribution is 2.81. The molecule has 0 N–H and O–H groups in total. The second-order valence-corrected chi connectivity index (χ2v) is 22.6. The highest BCUT2D eigenvalue weighted by molar-refractivity contribution is 5.27. The van der Waals surface area contributed by atoms with E-state index >= 15 is 0 Å². The molecule has 0 aromatic rings. The van der Waals surface area contributed by atoms with Crippen LogP contribution in [-0.4, -0.2) is 0 Å². The Labute approximate surface area is 273 Å². The second-order valence-electron chi connectivity index (χ2n) is 22.6. The highest BCUT2D eigenvalue weighted by atomic mass is 14.8. The minimum atomic E-state index is 0.582. The van der Waals surface area contributed by atoms with Gasteiger partial charge in [0.1, 0.15) is 0 Å². The molecule has 0 aliphatic heterocycles. The SMILES string of the molecule is CC(C)(CC1CC2CC1C1C3CC(C21)C1C2CC(C4C=CCC42)C31)CC1CC2CC1C1C3CC(C21)C1C3C2CC1[C@@H]1CC=CC21. The molecule has 25 unspecified atom stereocenters. The third-order valence-electron chi connectivity index (χ3n) is 21.8. The van der Waals surface area contributed by atoms with Crippen molar-refractivity contribution in [2.24, 2.45) is 159 Å². The summed E-state index contributed by atoms with van der Waals surface area (Å²) in [5.41, 5.74) is 0.582. The molecule has 0 heteroatoms. The third kappa shape index (κ3) is 2.73. The molecule has 45 heavy (non-hydrogen) atoms. The molecular weight excluding hydrogens is 540 g/mol. The minimum Gasteiger partial charge on any atom is -0.0879 e. The van der Waals surface area contributed by atoms with Crippen LogP contribution in [-0.2, 0) is 0 Å². The van der Waals surface area contributed by atoms with Gasteiger partial charge in [-0.05, 0) is 236 Å². The molecule has 0 aromatic carbocycles. The molecule has 0 nitrogen and oxygen atoms in total. The van der Waals surface area contributed by atoms with Crippen LogP contribution in [0.1, 0.15) is 90.9 Å². The Morgan fingerprint density at radius 3 is 1.29 bits per heavy atom. The lowest BCUT2D eigenvalue weighted by Gasteiger charge is -2.50. The Balaban J connectivity index is 0.690. The van der Waals surface area contributed by atoms with Gasteiger partial charge in [0, 0.05) is 0 Å². The molecule has 0 amide bonds. The molecule has 0 aromatic heterocycles. The summed E-state index contributed by atoms with van der Waals surface area (Å²) in [6, 6.07) is 0. The Hall–Kier alpha value is -0.520. The fraction of sp³-hybridized carbons (Fsp3) is 0.911. The zero-order valence-electron chi connectivity index (χ0n) is 28.3. The fourth-order valence-corrected chi connectivity index (χ4v) is 22.3. The summed E-state index contributed by atoms with van der Waals surface area (Å²) in [6.07, 6.45) is 30.1. The number of allylic oxidation sites excluding steroid dienone is 4. The van der Waals surface area contributed by atoms with E-state index < -0.39 is 0 Å². The van der Waals surface area contributed by atoms with Crippen LogP contribution >= 0.6 is 0 Å². The van der Waals surface area contributed by atoms with E-state index in [1.807, 2.05) is 0 Å². The maximum atomic E-state index is 2.78. The molecule has 0 radical (unpaired) electrons. The van der Waals surface area contributed by atoms with Gasteiger partial charge in [0.05, 0.1) is 0 Å². The zero-order chi connectivity index (χ0) is 28.8. The first kappa shape index (κ1) is 25.5. The van der Waals surface area contributed by atoms with Crippen LogP contribution in [0.3, 0.4) is 0 Å². The van der Waals surface area contributed by atoms with Crippen molar-refractivity contribution in [3.63, 3.8) is 0 Å². The average molecular weight is 601 g/mol. The van der Waals surface area contributed by atoms with Crippen LogP contribution in [0, 0.1) is 159 Å². The molecule has 12 bridgehead atoms. The molecule has 240 valence electrons. The Morgan fingerprint density at radius 2 is 0.800 bits per heavy atom. The van der Waals surface area contributed by atoms with E-state index in [1.54, 1.807) is 64.2 Å². The van der Waals surface area contributed by atoms with Gasteiger partial charge in [-0.1, -0.05) is 38.2 Å². The normalized spacial score (nSPS) is 70.9. The largest absolute Gasteiger partial charge is 0.0879 e. The summed E-state index contributed by atoms with van der Waals surface area (Å²) in [5.74, 6) is 29.7. The maximum Gasteiger partial charge on any atom is -0.0168 e. The van der Waals surface area contributed by atoms with Crippen LogP contribution in [0.2, 0.25) is 0 Å². The third-order valence-corrected chi connectivity index (χ3v) is 21.8. The average Bonchev–Trinajstić information content (AvgIpc) is 3.86. The van der Waals surface area contributed by atoms with E-state index in [2.05, 4.69) is 38.2 Å². The van der Waals surface area contributed by atoms with Crippen molar-refractivity contribution < 1.29 is 0 Å². The maximum absolute atomic E-state index is 2.78. The monoisotopic (exact) mass is 600 g/mol. The lowest BCUT2D eigenvalue weighted by molar-refractivity contribution is -0.0279. The van der Waals surface area contributed by atoms with Gasteiger partial charge in [-0.25, -0.2) is 0 Å². The van der Waals surface area contributed by atoms with Crippen molar-refractivity contribution in [3.8, 4) is 0 Å². The number of hydrogen-bond donors (Lipinski definition) is 0. The van der Waals surface area contributed by atoms with E-state index in [4.69, 9.17) is 0 Å². The first-order valence-electron chi connectivity index (χ1n) is 21.4. The first-order chi connectivity index (χ1) is 22.0. The smallest absolute Gasteiger partial charge is 0.0168 e. The summed E-state index contributed by atoms with van der Waals surface area (Å²) < 4.78 is 0. The van der Waals surface area contributed by atoms with Gasteiger partial charge in [-0.15, -0.1) is 0 Å². The summed E-state index contributed by atoms with van der Waals surface area (Å²) in [7, 11) is 0. The second kappa shape index (κ2) is 7.93. The van der Waals surface area contributed by atoms with E-state index in [-0.39, 0.29) is 0 Å². The Bertz CT molecular complexity index is 1310. The van der Waals surface area contributed by atoms with Crippen molar-refractivity contribution in [1.82, 2.24) is 0 Å². The summed E-state index contributed by atoms with van der Waals surface area (Å²) in [6.45, 7) is 5.55. The molecule has 14 rings (SSSR count). The van der Waals surface area contributed by atoms with Crippen LogP contribution in [0.5, 0.6) is 0 Å². The molecule has 0 heterocycles. The summed E-state index contributed by atoms with van der Waals surface area (Å²) in [4.78, 5) is 0. The van der Waals surface area contributed by atoms with Gasteiger partial charge in [-0.2, -0.15) is 0 Å². The van der Waals surface area contributed by atoms with E-state index in [0.29, 0.717) is 5.41 Å². The Kier molecular flexibility index (Phi) is 4.48. The van der Waals surface area contributed by atoms with Crippen LogP contribution in [0.15, 0.2) is 24.3 Å². The summed E-state index contributed by atoms with van der Waals surface area (Å²) >= 11 is 0. The molecule has 0 saturated heterocycles. The predicted octanol–water partition coefficient (Wildman–Crippen LogP) is 10.0. The van der Waals surface area contributed by atoms with E-state index in [9.17, 15) is 0 Å². The standard InChI is InChI=1S/C45H60/c1-45(2,17-21-9-19-11-27(21)39-35-15-33(37(19)39)41-29-13-31(43(35)41)25-7-3-5-23(25)29)18-22-10-20-12-28(22)40-36-16-34(38(20)40)42-30-14-32(44(36)42)26-8-4-6-24(26)30/h3-4,7-8,19-44H,5-6,9-18H2,1-2H3/t19?,20?,21?,22?,23-,24?,25?,26?,27?,28?,29?,30?,31?,32?,33?,34?,35?,36?,37?,38?,39?,40?,41?,42?,43?,44?/m1/s1. The van der Waals surface area contributed by atoms with Crippen molar-refractivity contribution in [3.05, 3.63) is 24.3 Å². The van der Waals surface area contributed by atoms with Crippen molar-refractivity contribution in [2.45, 2.75) is 90.9 Å².